The number of hydrogen-bond acceptors (Lipinski definition) is 3. The van der Waals surface area contributed by atoms with E-state index in [2.05, 4.69) is 5.32 Å². The van der Waals surface area contributed by atoms with Crippen LogP contribution in [-0.2, 0) is 21.0 Å². The Morgan fingerprint density at radius 1 is 1.32 bits per heavy atom. The number of benzene rings is 1. The fraction of sp³-hybridized carbons (Fsp3) is 0.417. The van der Waals surface area contributed by atoms with Crippen LogP contribution in [0.5, 0.6) is 0 Å². The lowest BCUT2D eigenvalue weighted by atomic mass is 10.2. The van der Waals surface area contributed by atoms with Crippen molar-refractivity contribution in [1.82, 2.24) is 4.72 Å². The SMILES string of the molecule is CCCS(=O)(=O)NCC(=O)Nc1ccc(Cl)c(C(F)(F)F)c1. The summed E-state index contributed by atoms with van der Waals surface area (Å²) < 4.78 is 62.8. The van der Waals surface area contributed by atoms with Gasteiger partial charge in [0.05, 0.1) is 22.9 Å². The Morgan fingerprint density at radius 2 is 1.95 bits per heavy atom. The molecule has 1 aromatic carbocycles. The zero-order valence-corrected chi connectivity index (χ0v) is 13.1. The summed E-state index contributed by atoms with van der Waals surface area (Å²) in [5.41, 5.74) is -1.21. The predicted octanol–water partition coefficient (Wildman–Crippen LogP) is 2.63. The van der Waals surface area contributed by atoms with Gasteiger partial charge in [0.2, 0.25) is 15.9 Å². The molecular formula is C12H14ClF3N2O3S. The van der Waals surface area contributed by atoms with Crippen molar-refractivity contribution in [3.8, 4) is 0 Å². The summed E-state index contributed by atoms with van der Waals surface area (Å²) >= 11 is 5.45. The zero-order chi connectivity index (χ0) is 17.0. The largest absolute Gasteiger partial charge is 0.417 e. The summed E-state index contributed by atoms with van der Waals surface area (Å²) in [6, 6.07) is 2.87. The Hall–Kier alpha value is -1.32. The maximum atomic E-state index is 12.7. The monoisotopic (exact) mass is 358 g/mol. The third-order valence-electron chi connectivity index (χ3n) is 2.48. The highest BCUT2D eigenvalue weighted by Crippen LogP contribution is 2.36. The van der Waals surface area contributed by atoms with E-state index in [0.29, 0.717) is 12.5 Å². The second-order valence-corrected chi connectivity index (χ2v) is 6.71. The van der Waals surface area contributed by atoms with E-state index in [4.69, 9.17) is 11.6 Å². The molecule has 0 saturated heterocycles. The molecule has 0 aromatic heterocycles. The van der Waals surface area contributed by atoms with E-state index in [0.717, 1.165) is 6.07 Å². The zero-order valence-electron chi connectivity index (χ0n) is 11.5. The van der Waals surface area contributed by atoms with Gasteiger partial charge in [-0.1, -0.05) is 18.5 Å². The molecule has 1 amide bonds. The highest BCUT2D eigenvalue weighted by molar-refractivity contribution is 7.89. The molecule has 0 heterocycles. The molecule has 1 rings (SSSR count). The first-order valence-electron chi connectivity index (χ1n) is 6.19. The van der Waals surface area contributed by atoms with Gasteiger partial charge in [0, 0.05) is 5.69 Å². The lowest BCUT2D eigenvalue weighted by Gasteiger charge is -2.12. The third-order valence-corrected chi connectivity index (χ3v) is 4.34. The van der Waals surface area contributed by atoms with E-state index in [1.54, 1.807) is 6.92 Å². The number of nitrogens with one attached hydrogen (secondary N) is 2. The van der Waals surface area contributed by atoms with Gasteiger partial charge in [0.15, 0.2) is 0 Å². The molecule has 2 N–H and O–H groups in total. The van der Waals surface area contributed by atoms with Crippen LogP contribution in [0.1, 0.15) is 18.9 Å². The van der Waals surface area contributed by atoms with Crippen molar-refractivity contribution in [2.24, 2.45) is 0 Å². The Kier molecular flexibility index (Phi) is 6.21. The number of amides is 1. The molecule has 0 radical (unpaired) electrons. The molecule has 1 aromatic rings. The van der Waals surface area contributed by atoms with Crippen molar-refractivity contribution in [2.45, 2.75) is 19.5 Å². The molecule has 22 heavy (non-hydrogen) atoms. The van der Waals surface area contributed by atoms with Crippen molar-refractivity contribution < 1.29 is 26.4 Å². The summed E-state index contributed by atoms with van der Waals surface area (Å²) in [6.45, 7) is 1.10. The number of halogens is 4. The molecule has 0 saturated carbocycles. The molecule has 10 heteroatoms. The standard InChI is InChI=1S/C12H14ClF3N2O3S/c1-2-5-22(20,21)17-7-11(19)18-8-3-4-10(13)9(6-8)12(14,15)16/h3-4,6,17H,2,5,7H2,1H3,(H,18,19). The van der Waals surface area contributed by atoms with Crippen LogP contribution in [0.3, 0.4) is 0 Å². The van der Waals surface area contributed by atoms with Gasteiger partial charge in [0.25, 0.3) is 0 Å². The van der Waals surface area contributed by atoms with E-state index < -0.39 is 39.2 Å². The Balaban J connectivity index is 2.74. The van der Waals surface area contributed by atoms with Gasteiger partial charge >= 0.3 is 6.18 Å². The van der Waals surface area contributed by atoms with E-state index in [1.165, 1.54) is 6.07 Å². The van der Waals surface area contributed by atoms with Crippen molar-refractivity contribution in [1.29, 1.82) is 0 Å². The third kappa shape index (κ3) is 5.82. The van der Waals surface area contributed by atoms with Crippen molar-refractivity contribution >= 4 is 33.2 Å². The molecule has 124 valence electrons. The van der Waals surface area contributed by atoms with Gasteiger partial charge < -0.3 is 5.32 Å². The van der Waals surface area contributed by atoms with Gasteiger partial charge in [-0.05, 0) is 24.6 Å². The highest BCUT2D eigenvalue weighted by atomic mass is 35.5. The average Bonchev–Trinajstić information content (AvgIpc) is 2.37. The van der Waals surface area contributed by atoms with Crippen LogP contribution in [0.25, 0.3) is 0 Å². The van der Waals surface area contributed by atoms with Crippen LogP contribution >= 0.6 is 11.6 Å². The molecule has 0 atom stereocenters. The smallest absolute Gasteiger partial charge is 0.325 e. The van der Waals surface area contributed by atoms with Crippen molar-refractivity contribution in [3.05, 3.63) is 28.8 Å². The lowest BCUT2D eigenvalue weighted by molar-refractivity contribution is -0.137. The van der Waals surface area contributed by atoms with Crippen LogP contribution in [0, 0.1) is 0 Å². The van der Waals surface area contributed by atoms with E-state index in [-0.39, 0.29) is 11.4 Å². The van der Waals surface area contributed by atoms with E-state index in [1.807, 2.05) is 4.72 Å². The molecule has 5 nitrogen and oxygen atoms in total. The normalized spacial score (nSPS) is 12.2. The summed E-state index contributed by atoms with van der Waals surface area (Å²) in [6.07, 6.45) is -4.27. The first kappa shape index (κ1) is 18.7. The van der Waals surface area contributed by atoms with Crippen LogP contribution in [0.2, 0.25) is 5.02 Å². The maximum absolute atomic E-state index is 12.7. The van der Waals surface area contributed by atoms with E-state index >= 15 is 0 Å². The number of carbonyl (C=O) groups is 1. The van der Waals surface area contributed by atoms with Crippen LogP contribution in [0.4, 0.5) is 18.9 Å². The number of alkyl halides is 3. The van der Waals surface area contributed by atoms with Gasteiger partial charge in [-0.2, -0.15) is 13.2 Å². The predicted molar refractivity (Wildman–Crippen MR) is 77.2 cm³/mol. The number of anilines is 1. The first-order valence-corrected chi connectivity index (χ1v) is 8.22. The minimum Gasteiger partial charge on any atom is -0.325 e. The molecular weight excluding hydrogens is 345 g/mol. The molecule has 0 spiro atoms. The number of hydrogen-bond donors (Lipinski definition) is 2. The minimum atomic E-state index is -4.65. The fourth-order valence-electron chi connectivity index (χ4n) is 1.54. The highest BCUT2D eigenvalue weighted by Gasteiger charge is 2.33. The molecule has 0 bridgehead atoms. The fourth-order valence-corrected chi connectivity index (χ4v) is 2.80. The second kappa shape index (κ2) is 7.30. The second-order valence-electron chi connectivity index (χ2n) is 4.38. The lowest BCUT2D eigenvalue weighted by Crippen LogP contribution is -2.34. The average molecular weight is 359 g/mol. The van der Waals surface area contributed by atoms with E-state index in [9.17, 15) is 26.4 Å². The summed E-state index contributed by atoms with van der Waals surface area (Å²) in [4.78, 5) is 11.6. The summed E-state index contributed by atoms with van der Waals surface area (Å²) in [7, 11) is -3.57. The minimum absolute atomic E-state index is 0.128. The molecule has 0 aliphatic rings. The van der Waals surface area contributed by atoms with Crippen molar-refractivity contribution in [2.75, 3.05) is 17.6 Å². The topological polar surface area (TPSA) is 75.3 Å². The Bertz CT molecular complexity index is 648. The van der Waals surface area contributed by atoms with Gasteiger partial charge in [-0.15, -0.1) is 0 Å². The molecule has 0 fully saturated rings. The first-order chi connectivity index (χ1) is 10.0. The van der Waals surface area contributed by atoms with Gasteiger partial charge in [-0.3, -0.25) is 4.79 Å². The Morgan fingerprint density at radius 3 is 2.50 bits per heavy atom. The Labute approximate surface area is 130 Å². The summed E-state index contributed by atoms with van der Waals surface area (Å²) in [5.74, 6) is -0.922. The van der Waals surface area contributed by atoms with Gasteiger partial charge in [-0.25, -0.2) is 13.1 Å². The number of carbonyl (C=O) groups excluding carboxylic acids is 1. The maximum Gasteiger partial charge on any atom is 0.417 e. The molecule has 0 aliphatic heterocycles. The quantitative estimate of drug-likeness (QED) is 0.820. The number of sulfonamides is 1. The molecule has 0 aliphatic carbocycles. The van der Waals surface area contributed by atoms with Gasteiger partial charge in [0.1, 0.15) is 0 Å². The number of rotatable bonds is 6. The van der Waals surface area contributed by atoms with Crippen LogP contribution < -0.4 is 10.0 Å². The summed E-state index contributed by atoms with van der Waals surface area (Å²) in [5, 5.41) is 1.68. The molecule has 0 unspecified atom stereocenters. The van der Waals surface area contributed by atoms with Crippen LogP contribution in [-0.4, -0.2) is 26.6 Å². The van der Waals surface area contributed by atoms with Crippen LogP contribution in [0.15, 0.2) is 18.2 Å². The van der Waals surface area contributed by atoms with Crippen molar-refractivity contribution in [3.63, 3.8) is 0 Å².